The third-order valence-electron chi connectivity index (χ3n) is 4.59. The molecule has 0 amide bonds. The SMILES string of the molecule is CCCS(=O)(=O)N1CCCC(c2nc(CCOCC3CC3)no2)C1. The van der Waals surface area contributed by atoms with Crippen LogP contribution in [-0.4, -0.2) is 54.9 Å². The third-order valence-corrected chi connectivity index (χ3v) is 6.64. The molecule has 1 aliphatic heterocycles. The Hall–Kier alpha value is -0.990. The van der Waals surface area contributed by atoms with Crippen molar-refractivity contribution in [3.63, 3.8) is 0 Å². The predicted octanol–water partition coefficient (Wildman–Crippen LogP) is 1.96. The first-order valence-electron chi connectivity index (χ1n) is 8.96. The van der Waals surface area contributed by atoms with Crippen LogP contribution in [0.4, 0.5) is 0 Å². The lowest BCUT2D eigenvalue weighted by Gasteiger charge is -2.30. The van der Waals surface area contributed by atoms with Gasteiger partial charge in [0, 0.05) is 26.1 Å². The molecule has 0 bridgehead atoms. The van der Waals surface area contributed by atoms with Gasteiger partial charge >= 0.3 is 0 Å². The Morgan fingerprint density at radius 1 is 1.33 bits per heavy atom. The van der Waals surface area contributed by atoms with Crippen molar-refractivity contribution in [1.82, 2.24) is 14.4 Å². The lowest BCUT2D eigenvalue weighted by Crippen LogP contribution is -2.40. The quantitative estimate of drug-likeness (QED) is 0.628. The standard InChI is InChI=1S/C16H27N3O4S/c1-2-10-24(20,21)19-8-3-4-14(11-19)16-17-15(18-23-16)7-9-22-12-13-5-6-13/h13-14H,2-12H2,1H3. The average molecular weight is 357 g/mol. The Balaban J connectivity index is 1.51. The Kier molecular flexibility index (Phi) is 5.89. The summed E-state index contributed by atoms with van der Waals surface area (Å²) in [6.07, 6.45) is 5.56. The molecule has 136 valence electrons. The molecule has 1 aromatic rings. The minimum Gasteiger partial charge on any atom is -0.381 e. The van der Waals surface area contributed by atoms with Crippen LogP contribution in [0.2, 0.25) is 0 Å². The van der Waals surface area contributed by atoms with Crippen LogP contribution in [0.5, 0.6) is 0 Å². The molecule has 0 N–H and O–H groups in total. The van der Waals surface area contributed by atoms with E-state index in [9.17, 15) is 8.42 Å². The van der Waals surface area contributed by atoms with E-state index in [0.29, 0.717) is 44.3 Å². The maximum Gasteiger partial charge on any atom is 0.231 e. The lowest BCUT2D eigenvalue weighted by molar-refractivity contribution is 0.125. The van der Waals surface area contributed by atoms with E-state index in [2.05, 4.69) is 10.1 Å². The van der Waals surface area contributed by atoms with Gasteiger partial charge in [-0.2, -0.15) is 4.98 Å². The van der Waals surface area contributed by atoms with Crippen LogP contribution in [0, 0.1) is 5.92 Å². The molecule has 1 aromatic heterocycles. The van der Waals surface area contributed by atoms with Gasteiger partial charge in [0.05, 0.1) is 18.3 Å². The molecule has 1 atom stereocenters. The second-order valence-electron chi connectivity index (χ2n) is 6.83. The summed E-state index contributed by atoms with van der Waals surface area (Å²) in [6.45, 7) is 4.36. The third kappa shape index (κ3) is 4.77. The molecule has 0 radical (unpaired) electrons. The molecule has 24 heavy (non-hydrogen) atoms. The molecule has 2 heterocycles. The fraction of sp³-hybridized carbons (Fsp3) is 0.875. The topological polar surface area (TPSA) is 85.5 Å². The molecule has 7 nitrogen and oxygen atoms in total. The summed E-state index contributed by atoms with van der Waals surface area (Å²) in [6, 6.07) is 0. The zero-order valence-corrected chi connectivity index (χ0v) is 15.1. The Labute approximate surface area is 143 Å². The maximum absolute atomic E-state index is 12.2. The molecule has 3 rings (SSSR count). The molecule has 2 aliphatic rings. The first-order chi connectivity index (χ1) is 11.6. The summed E-state index contributed by atoms with van der Waals surface area (Å²) in [5.41, 5.74) is 0. The fourth-order valence-electron chi connectivity index (χ4n) is 3.02. The highest BCUT2D eigenvalue weighted by atomic mass is 32.2. The van der Waals surface area contributed by atoms with Crippen molar-refractivity contribution in [3.05, 3.63) is 11.7 Å². The van der Waals surface area contributed by atoms with Crippen LogP contribution in [-0.2, 0) is 21.2 Å². The van der Waals surface area contributed by atoms with Gasteiger partial charge in [-0.25, -0.2) is 12.7 Å². The summed E-state index contributed by atoms with van der Waals surface area (Å²) in [5, 5.41) is 4.01. The number of piperidine rings is 1. The summed E-state index contributed by atoms with van der Waals surface area (Å²) in [7, 11) is -3.16. The normalized spacial score (nSPS) is 22.8. The van der Waals surface area contributed by atoms with Crippen molar-refractivity contribution in [2.75, 3.05) is 32.1 Å². The van der Waals surface area contributed by atoms with Crippen molar-refractivity contribution >= 4 is 10.0 Å². The molecule has 1 unspecified atom stereocenters. The molecule has 0 spiro atoms. The van der Waals surface area contributed by atoms with Crippen LogP contribution in [0.1, 0.15) is 56.7 Å². The highest BCUT2D eigenvalue weighted by molar-refractivity contribution is 7.89. The van der Waals surface area contributed by atoms with E-state index in [-0.39, 0.29) is 11.7 Å². The lowest BCUT2D eigenvalue weighted by atomic mass is 10.00. The van der Waals surface area contributed by atoms with Gasteiger partial charge in [-0.1, -0.05) is 12.1 Å². The van der Waals surface area contributed by atoms with Gasteiger partial charge in [-0.05, 0) is 38.0 Å². The smallest absolute Gasteiger partial charge is 0.231 e. The molecule has 2 fully saturated rings. The second kappa shape index (κ2) is 7.93. The van der Waals surface area contributed by atoms with E-state index in [1.165, 1.54) is 12.8 Å². The van der Waals surface area contributed by atoms with Crippen molar-refractivity contribution in [2.24, 2.45) is 5.92 Å². The van der Waals surface area contributed by atoms with Crippen molar-refractivity contribution in [2.45, 2.75) is 51.4 Å². The second-order valence-corrected chi connectivity index (χ2v) is 8.92. The Morgan fingerprint density at radius 2 is 2.17 bits per heavy atom. The summed E-state index contributed by atoms with van der Waals surface area (Å²) < 4.78 is 37.0. The number of hydrogen-bond donors (Lipinski definition) is 0. The zero-order valence-electron chi connectivity index (χ0n) is 14.3. The van der Waals surface area contributed by atoms with Gasteiger partial charge in [0.15, 0.2) is 5.82 Å². The van der Waals surface area contributed by atoms with Gasteiger partial charge < -0.3 is 9.26 Å². The number of nitrogens with zero attached hydrogens (tertiary/aromatic N) is 3. The van der Waals surface area contributed by atoms with Gasteiger partial charge in [0.1, 0.15) is 0 Å². The van der Waals surface area contributed by atoms with Crippen LogP contribution in [0.15, 0.2) is 4.52 Å². The van der Waals surface area contributed by atoms with Crippen LogP contribution in [0.3, 0.4) is 0 Å². The number of ether oxygens (including phenoxy) is 1. The molecule has 8 heteroatoms. The Bertz CT molecular complexity index is 627. The molecule has 0 aromatic carbocycles. The van der Waals surface area contributed by atoms with E-state index >= 15 is 0 Å². The summed E-state index contributed by atoms with van der Waals surface area (Å²) in [5.74, 6) is 2.16. The number of hydrogen-bond acceptors (Lipinski definition) is 6. The van der Waals surface area contributed by atoms with Gasteiger partial charge in [-0.15, -0.1) is 0 Å². The monoisotopic (exact) mass is 357 g/mol. The largest absolute Gasteiger partial charge is 0.381 e. The average Bonchev–Trinajstić information content (AvgIpc) is 3.27. The number of sulfonamides is 1. The number of rotatable bonds is 9. The number of aromatic nitrogens is 2. The van der Waals surface area contributed by atoms with Gasteiger partial charge in [-0.3, -0.25) is 0 Å². The molecule has 1 saturated heterocycles. The summed E-state index contributed by atoms with van der Waals surface area (Å²) in [4.78, 5) is 4.45. The molecule has 1 aliphatic carbocycles. The minimum atomic E-state index is -3.16. The van der Waals surface area contributed by atoms with Crippen LogP contribution < -0.4 is 0 Å². The summed E-state index contributed by atoms with van der Waals surface area (Å²) >= 11 is 0. The van der Waals surface area contributed by atoms with Crippen molar-refractivity contribution < 1.29 is 17.7 Å². The van der Waals surface area contributed by atoms with Gasteiger partial charge in [0.2, 0.25) is 15.9 Å². The first-order valence-corrected chi connectivity index (χ1v) is 10.6. The first kappa shape index (κ1) is 17.8. The molecule has 1 saturated carbocycles. The zero-order chi connectivity index (χ0) is 17.0. The maximum atomic E-state index is 12.2. The van der Waals surface area contributed by atoms with Crippen molar-refractivity contribution in [3.8, 4) is 0 Å². The fourth-order valence-corrected chi connectivity index (χ4v) is 4.60. The highest BCUT2D eigenvalue weighted by Gasteiger charge is 2.31. The Morgan fingerprint density at radius 3 is 2.92 bits per heavy atom. The predicted molar refractivity (Wildman–Crippen MR) is 89.2 cm³/mol. The van der Waals surface area contributed by atoms with Crippen LogP contribution >= 0.6 is 0 Å². The molecular weight excluding hydrogens is 330 g/mol. The molecular formula is C16H27N3O4S. The van der Waals surface area contributed by atoms with E-state index in [1.807, 2.05) is 6.92 Å². The minimum absolute atomic E-state index is 0.000913. The van der Waals surface area contributed by atoms with E-state index in [0.717, 1.165) is 25.4 Å². The highest BCUT2D eigenvalue weighted by Crippen LogP contribution is 2.29. The van der Waals surface area contributed by atoms with E-state index < -0.39 is 10.0 Å². The van der Waals surface area contributed by atoms with Crippen molar-refractivity contribution in [1.29, 1.82) is 0 Å². The van der Waals surface area contributed by atoms with E-state index in [4.69, 9.17) is 9.26 Å². The van der Waals surface area contributed by atoms with Crippen LogP contribution in [0.25, 0.3) is 0 Å². The van der Waals surface area contributed by atoms with Gasteiger partial charge in [0.25, 0.3) is 0 Å². The van der Waals surface area contributed by atoms with E-state index in [1.54, 1.807) is 4.31 Å².